The summed E-state index contributed by atoms with van der Waals surface area (Å²) in [4.78, 5) is 10.6. The van der Waals surface area contributed by atoms with Crippen molar-refractivity contribution in [3.05, 3.63) is 0 Å². The molecule has 0 N–H and O–H groups in total. The minimum absolute atomic E-state index is 0. The standard InChI is InChI=1S/C5H12O3SSi.Na.H/c1-5(6)9-10(4,7-2)8-3;;/h1-4H3;;. The zero-order valence-corrected chi connectivity index (χ0v) is 8.45. The van der Waals surface area contributed by atoms with E-state index in [1.54, 1.807) is 14.2 Å². The summed E-state index contributed by atoms with van der Waals surface area (Å²) >= 11 is 1.16. The van der Waals surface area contributed by atoms with Gasteiger partial charge in [0.2, 0.25) is 0 Å². The van der Waals surface area contributed by atoms with E-state index >= 15 is 0 Å². The molecule has 0 saturated heterocycles. The fourth-order valence-corrected chi connectivity index (χ4v) is 3.35. The molecule has 6 heteroatoms. The average molecular weight is 204 g/mol. The van der Waals surface area contributed by atoms with Crippen LogP contribution in [0.25, 0.3) is 0 Å². The van der Waals surface area contributed by atoms with E-state index in [1.807, 2.05) is 6.55 Å². The van der Waals surface area contributed by atoms with Gasteiger partial charge >= 0.3 is 37.3 Å². The molecular weight excluding hydrogens is 191 g/mol. The van der Waals surface area contributed by atoms with Crippen molar-refractivity contribution in [2.24, 2.45) is 0 Å². The Balaban J connectivity index is 0. The molecule has 0 bridgehead atoms. The van der Waals surface area contributed by atoms with E-state index in [0.717, 1.165) is 11.2 Å². The molecule has 0 radical (unpaired) electrons. The van der Waals surface area contributed by atoms with Crippen molar-refractivity contribution in [2.45, 2.75) is 13.5 Å². The predicted molar refractivity (Wildman–Crippen MR) is 51.1 cm³/mol. The molecule has 0 aromatic rings. The van der Waals surface area contributed by atoms with Gasteiger partial charge in [-0.05, 0) is 6.55 Å². The fourth-order valence-electron chi connectivity index (χ4n) is 0.428. The molecule has 0 amide bonds. The van der Waals surface area contributed by atoms with E-state index in [1.165, 1.54) is 6.92 Å². The first-order valence-corrected chi connectivity index (χ1v) is 6.69. The Bertz CT molecular complexity index is 129. The Morgan fingerprint density at radius 1 is 1.36 bits per heavy atom. The number of carbonyl (C=O) groups is 1. The van der Waals surface area contributed by atoms with Crippen molar-refractivity contribution < 1.29 is 13.6 Å². The van der Waals surface area contributed by atoms with Crippen molar-refractivity contribution in [3.8, 4) is 0 Å². The minimum atomic E-state index is -2.19. The van der Waals surface area contributed by atoms with Crippen molar-refractivity contribution >= 4 is 53.6 Å². The average Bonchev–Trinajstić information content (AvgIpc) is 1.87. The van der Waals surface area contributed by atoms with Crippen LogP contribution >= 0.6 is 11.2 Å². The van der Waals surface area contributed by atoms with Crippen LogP contribution in [0.3, 0.4) is 0 Å². The van der Waals surface area contributed by atoms with Gasteiger partial charge in [0.05, 0.1) is 0 Å². The zero-order chi connectivity index (χ0) is 8.20. The van der Waals surface area contributed by atoms with Crippen LogP contribution in [0.2, 0.25) is 6.55 Å². The first-order valence-electron chi connectivity index (χ1n) is 2.84. The van der Waals surface area contributed by atoms with E-state index in [-0.39, 0.29) is 34.7 Å². The van der Waals surface area contributed by atoms with Gasteiger partial charge in [0.15, 0.2) is 5.12 Å². The Kier molecular flexibility index (Phi) is 8.87. The normalized spacial score (nSPS) is 10.5. The summed E-state index contributed by atoms with van der Waals surface area (Å²) in [6.07, 6.45) is 0. The van der Waals surface area contributed by atoms with Crippen molar-refractivity contribution in [3.63, 3.8) is 0 Å². The van der Waals surface area contributed by atoms with E-state index in [2.05, 4.69) is 0 Å². The third kappa shape index (κ3) is 6.33. The van der Waals surface area contributed by atoms with Crippen molar-refractivity contribution in [1.29, 1.82) is 0 Å². The molecule has 0 rings (SSSR count). The zero-order valence-electron chi connectivity index (χ0n) is 6.63. The van der Waals surface area contributed by atoms with Crippen LogP contribution in [0.5, 0.6) is 0 Å². The van der Waals surface area contributed by atoms with Gasteiger partial charge in [0.1, 0.15) is 0 Å². The van der Waals surface area contributed by atoms with Crippen LogP contribution in [0.15, 0.2) is 0 Å². The van der Waals surface area contributed by atoms with E-state index in [9.17, 15) is 4.79 Å². The van der Waals surface area contributed by atoms with Gasteiger partial charge in [0, 0.05) is 21.1 Å². The number of hydrogen-bond acceptors (Lipinski definition) is 4. The maximum absolute atomic E-state index is 10.6. The Labute approximate surface area is 94.4 Å². The molecule has 0 fully saturated rings. The second-order valence-electron chi connectivity index (χ2n) is 1.86. The van der Waals surface area contributed by atoms with Crippen LogP contribution in [0.1, 0.15) is 6.92 Å². The monoisotopic (exact) mass is 204 g/mol. The van der Waals surface area contributed by atoms with Gasteiger partial charge in [-0.15, -0.1) is 0 Å². The maximum atomic E-state index is 10.6. The van der Waals surface area contributed by atoms with Gasteiger partial charge in [0.25, 0.3) is 0 Å². The summed E-state index contributed by atoms with van der Waals surface area (Å²) in [6.45, 7) is 3.34. The molecule has 0 aliphatic carbocycles. The molecule has 3 nitrogen and oxygen atoms in total. The summed E-state index contributed by atoms with van der Waals surface area (Å²) in [6, 6.07) is 0. The second kappa shape index (κ2) is 6.65. The first kappa shape index (κ1) is 14.7. The molecule has 0 aromatic heterocycles. The quantitative estimate of drug-likeness (QED) is 0.626. The summed E-state index contributed by atoms with van der Waals surface area (Å²) in [5.41, 5.74) is 0. The van der Waals surface area contributed by atoms with E-state index < -0.39 is 7.71 Å². The molecule has 0 spiro atoms. The molecule has 0 unspecified atom stereocenters. The molecule has 0 aliphatic rings. The van der Waals surface area contributed by atoms with E-state index in [0.29, 0.717) is 0 Å². The van der Waals surface area contributed by atoms with Gasteiger partial charge in [-0.2, -0.15) is 0 Å². The second-order valence-corrected chi connectivity index (χ2v) is 8.02. The van der Waals surface area contributed by atoms with Crippen LogP contribution in [0, 0.1) is 0 Å². The Morgan fingerprint density at radius 3 is 1.82 bits per heavy atom. The summed E-state index contributed by atoms with van der Waals surface area (Å²) in [5.74, 6) is 0. The number of hydrogen-bond donors (Lipinski definition) is 0. The van der Waals surface area contributed by atoms with Gasteiger partial charge in [-0.3, -0.25) is 4.79 Å². The summed E-state index contributed by atoms with van der Waals surface area (Å²) in [7, 11) is 0.929. The Morgan fingerprint density at radius 2 is 1.73 bits per heavy atom. The van der Waals surface area contributed by atoms with Crippen molar-refractivity contribution in [1.82, 2.24) is 0 Å². The summed E-state index contributed by atoms with van der Waals surface area (Å²) < 4.78 is 10.1. The molecule has 0 aliphatic heterocycles. The van der Waals surface area contributed by atoms with Crippen molar-refractivity contribution in [2.75, 3.05) is 14.2 Å². The predicted octanol–water partition coefficient (Wildman–Crippen LogP) is 0.479. The fraction of sp³-hybridized carbons (Fsp3) is 0.800. The van der Waals surface area contributed by atoms with Gasteiger partial charge in [-0.1, -0.05) is 11.2 Å². The van der Waals surface area contributed by atoms with Crippen LogP contribution < -0.4 is 0 Å². The molecule has 62 valence electrons. The van der Waals surface area contributed by atoms with Gasteiger partial charge < -0.3 is 8.85 Å². The summed E-state index contributed by atoms with van der Waals surface area (Å²) in [5, 5.41) is 0.0397. The SMILES string of the molecule is CO[Si](C)(OC)SC(C)=O.[NaH]. The molecule has 0 saturated carbocycles. The van der Waals surface area contributed by atoms with Crippen LogP contribution in [-0.2, 0) is 13.6 Å². The molecule has 11 heavy (non-hydrogen) atoms. The van der Waals surface area contributed by atoms with Gasteiger partial charge in [-0.25, -0.2) is 0 Å². The van der Waals surface area contributed by atoms with Crippen LogP contribution in [-0.4, -0.2) is 56.6 Å². The number of rotatable bonds is 3. The Hall–Kier alpha value is 1.16. The first-order chi connectivity index (χ1) is 4.54. The number of carbonyl (C=O) groups excluding carboxylic acids is 1. The molecule has 0 atom stereocenters. The molecule has 0 heterocycles. The third-order valence-corrected chi connectivity index (χ3v) is 6.19. The van der Waals surface area contributed by atoms with Crippen LogP contribution in [0.4, 0.5) is 0 Å². The molecule has 0 aromatic carbocycles. The molecular formula is C5H13NaO3SSi. The topological polar surface area (TPSA) is 35.5 Å². The van der Waals surface area contributed by atoms with E-state index in [4.69, 9.17) is 8.85 Å². The third-order valence-electron chi connectivity index (χ3n) is 1.07.